The van der Waals surface area contributed by atoms with E-state index >= 15 is 0 Å². The van der Waals surface area contributed by atoms with Gasteiger partial charge in [0.05, 0.1) is 16.8 Å². The molecule has 0 aliphatic rings. The van der Waals surface area contributed by atoms with Crippen LogP contribution in [0.15, 0.2) is 114 Å². The van der Waals surface area contributed by atoms with Crippen LogP contribution < -0.4 is 19.6 Å². The van der Waals surface area contributed by atoms with Crippen molar-refractivity contribution in [2.45, 2.75) is 19.6 Å². The molecule has 7 nitrogen and oxygen atoms in total. The van der Waals surface area contributed by atoms with Crippen LogP contribution in [0, 0.1) is 0 Å². The number of hydrogen-bond acceptors (Lipinski definition) is 6. The van der Waals surface area contributed by atoms with Crippen LogP contribution in [0.2, 0.25) is 10.0 Å². The fraction of sp³-hybridized carbons (Fsp3) is 0.0882. The van der Waals surface area contributed by atoms with Crippen LogP contribution in [0.1, 0.15) is 28.4 Å². The maximum atomic E-state index is 12.9. The van der Waals surface area contributed by atoms with E-state index in [1.165, 1.54) is 18.3 Å². The van der Waals surface area contributed by atoms with Gasteiger partial charge in [-0.05, 0) is 71.8 Å². The fourth-order valence-electron chi connectivity index (χ4n) is 4.17. The first-order valence-electron chi connectivity index (χ1n) is 13.3. The van der Waals surface area contributed by atoms with E-state index in [1.807, 2.05) is 60.7 Å². The molecule has 0 heterocycles. The first-order valence-corrected chi connectivity index (χ1v) is 14.1. The van der Waals surface area contributed by atoms with Gasteiger partial charge < -0.3 is 14.2 Å². The van der Waals surface area contributed by atoms with Crippen LogP contribution in [0.4, 0.5) is 0 Å². The van der Waals surface area contributed by atoms with Gasteiger partial charge in [-0.1, -0.05) is 83.9 Å². The lowest BCUT2D eigenvalue weighted by molar-refractivity contribution is -0.127. The zero-order chi connectivity index (χ0) is 30.2. The number of fused-ring (bicyclic) bond motifs is 1. The lowest BCUT2D eigenvalue weighted by atomic mass is 10.0. The van der Waals surface area contributed by atoms with Crippen molar-refractivity contribution in [2.24, 2.45) is 5.10 Å². The van der Waals surface area contributed by atoms with Gasteiger partial charge in [0.15, 0.2) is 6.10 Å². The summed E-state index contributed by atoms with van der Waals surface area (Å²) in [6, 6.07) is 32.4. The number of benzene rings is 5. The lowest BCUT2D eigenvalue weighted by Crippen LogP contribution is -2.33. The molecular formula is C34H26Cl2N2O5. The van der Waals surface area contributed by atoms with E-state index in [0.29, 0.717) is 28.7 Å². The monoisotopic (exact) mass is 612 g/mol. The molecule has 0 unspecified atom stereocenters. The molecule has 43 heavy (non-hydrogen) atoms. The number of nitrogens with zero attached hydrogens (tertiary/aromatic N) is 1. The largest absolute Gasteiger partial charge is 0.489 e. The number of nitrogens with one attached hydrogen (secondary N) is 1. The van der Waals surface area contributed by atoms with Gasteiger partial charge >= 0.3 is 5.97 Å². The summed E-state index contributed by atoms with van der Waals surface area (Å²) in [7, 11) is 0. The van der Waals surface area contributed by atoms with Gasteiger partial charge in [0, 0.05) is 10.6 Å². The molecule has 0 saturated carbocycles. The summed E-state index contributed by atoms with van der Waals surface area (Å²) in [6.45, 7) is 2.07. The van der Waals surface area contributed by atoms with E-state index in [0.717, 1.165) is 16.3 Å². The van der Waals surface area contributed by atoms with Gasteiger partial charge in [0.1, 0.15) is 23.9 Å². The highest BCUT2D eigenvalue weighted by molar-refractivity contribution is 6.36. The maximum Gasteiger partial charge on any atom is 0.345 e. The minimum atomic E-state index is -0.843. The van der Waals surface area contributed by atoms with Crippen LogP contribution in [0.25, 0.3) is 10.8 Å². The molecule has 0 saturated heterocycles. The molecule has 1 N–H and O–H groups in total. The van der Waals surface area contributed by atoms with Gasteiger partial charge in [-0.25, -0.2) is 10.2 Å². The fourth-order valence-corrected chi connectivity index (χ4v) is 4.66. The summed E-state index contributed by atoms with van der Waals surface area (Å²) >= 11 is 12.2. The van der Waals surface area contributed by atoms with Crippen molar-refractivity contribution in [2.75, 3.05) is 0 Å². The number of hydrogen-bond donors (Lipinski definition) is 1. The quantitative estimate of drug-likeness (QED) is 0.0750. The summed E-state index contributed by atoms with van der Waals surface area (Å²) in [5.74, 6) is 0.304. The zero-order valence-corrected chi connectivity index (χ0v) is 24.5. The lowest BCUT2D eigenvalue weighted by Gasteiger charge is -2.14. The standard InChI is InChI=1S/C34H26Cl2N2O5/c1-22(42-27-15-13-26(14-16-27)41-21-23-7-3-2-4-8-23)33(39)38-37-20-30-28-10-6-5-9-24(28)11-18-32(30)43-34(40)29-17-12-25(35)19-31(29)36/h2-20,22H,21H2,1H3,(H,38,39)/b37-20-/t22-/m1/s1. The van der Waals surface area contributed by atoms with Crippen LogP contribution in [0.5, 0.6) is 17.2 Å². The van der Waals surface area contributed by atoms with Crippen molar-refractivity contribution in [1.29, 1.82) is 0 Å². The van der Waals surface area contributed by atoms with Crippen LogP contribution in [0.3, 0.4) is 0 Å². The Hall–Kier alpha value is -4.85. The third-order valence-electron chi connectivity index (χ3n) is 6.41. The molecule has 0 spiro atoms. The number of carbonyl (C=O) groups is 2. The summed E-state index contributed by atoms with van der Waals surface area (Å²) in [6.07, 6.45) is 0.586. The van der Waals surface area contributed by atoms with Crippen LogP contribution in [-0.2, 0) is 11.4 Å². The molecule has 0 bridgehead atoms. The van der Waals surface area contributed by atoms with E-state index in [4.69, 9.17) is 37.4 Å². The predicted octanol–water partition coefficient (Wildman–Crippen LogP) is 7.86. The van der Waals surface area contributed by atoms with Gasteiger partial charge in [0.25, 0.3) is 5.91 Å². The summed E-state index contributed by atoms with van der Waals surface area (Å²) < 4.78 is 17.3. The third kappa shape index (κ3) is 7.71. The highest BCUT2D eigenvalue weighted by Crippen LogP contribution is 2.29. The molecule has 1 atom stereocenters. The normalized spacial score (nSPS) is 11.7. The van der Waals surface area contributed by atoms with Gasteiger partial charge in [-0.15, -0.1) is 0 Å². The van der Waals surface area contributed by atoms with Gasteiger partial charge in [-0.3, -0.25) is 4.79 Å². The molecule has 5 rings (SSSR count). The number of rotatable bonds is 10. The van der Waals surface area contributed by atoms with E-state index in [1.54, 1.807) is 43.3 Å². The van der Waals surface area contributed by atoms with E-state index in [9.17, 15) is 9.59 Å². The summed E-state index contributed by atoms with van der Waals surface area (Å²) in [5, 5.41) is 6.37. The van der Waals surface area contributed by atoms with E-state index in [2.05, 4.69) is 10.5 Å². The van der Waals surface area contributed by atoms with Crippen molar-refractivity contribution < 1.29 is 23.8 Å². The Morgan fingerprint density at radius 2 is 1.58 bits per heavy atom. The van der Waals surface area contributed by atoms with Crippen molar-refractivity contribution in [3.8, 4) is 17.2 Å². The highest BCUT2D eigenvalue weighted by Gasteiger charge is 2.17. The molecule has 0 aliphatic heterocycles. The van der Waals surface area contributed by atoms with E-state index < -0.39 is 18.0 Å². The Kier molecular flexibility index (Phi) is 9.56. The Labute approximate surface area is 258 Å². The van der Waals surface area contributed by atoms with Gasteiger partial charge in [-0.2, -0.15) is 5.10 Å². The van der Waals surface area contributed by atoms with Crippen LogP contribution in [-0.4, -0.2) is 24.2 Å². The number of halogens is 2. The molecule has 5 aromatic carbocycles. The first kappa shape index (κ1) is 29.6. The van der Waals surface area contributed by atoms with Crippen molar-refractivity contribution >= 4 is 52.1 Å². The summed E-state index contributed by atoms with van der Waals surface area (Å²) in [4.78, 5) is 25.7. The molecular weight excluding hydrogens is 587 g/mol. The molecule has 0 aromatic heterocycles. The van der Waals surface area contributed by atoms with Gasteiger partial charge in [0.2, 0.25) is 0 Å². The Bertz CT molecular complexity index is 1780. The van der Waals surface area contributed by atoms with Crippen LogP contribution >= 0.6 is 23.2 Å². The summed E-state index contributed by atoms with van der Waals surface area (Å²) in [5.41, 5.74) is 4.22. The van der Waals surface area contributed by atoms with Crippen molar-refractivity contribution in [3.63, 3.8) is 0 Å². The average Bonchev–Trinajstić information content (AvgIpc) is 3.02. The molecule has 0 radical (unpaired) electrons. The predicted molar refractivity (Wildman–Crippen MR) is 168 cm³/mol. The van der Waals surface area contributed by atoms with Crippen molar-refractivity contribution in [1.82, 2.24) is 5.43 Å². The molecule has 216 valence electrons. The highest BCUT2D eigenvalue weighted by atomic mass is 35.5. The molecule has 1 amide bonds. The number of ether oxygens (including phenoxy) is 3. The topological polar surface area (TPSA) is 86.2 Å². The first-order chi connectivity index (χ1) is 20.9. The molecule has 0 fully saturated rings. The minimum Gasteiger partial charge on any atom is -0.489 e. The Balaban J connectivity index is 1.24. The third-order valence-corrected chi connectivity index (χ3v) is 6.95. The molecule has 0 aliphatic carbocycles. The minimum absolute atomic E-state index is 0.164. The Morgan fingerprint density at radius 1 is 0.860 bits per heavy atom. The second-order valence-electron chi connectivity index (χ2n) is 9.45. The number of hydrazone groups is 1. The Morgan fingerprint density at radius 3 is 2.35 bits per heavy atom. The number of amides is 1. The maximum absolute atomic E-state index is 12.9. The number of carbonyl (C=O) groups excluding carboxylic acids is 2. The average molecular weight is 613 g/mol. The smallest absolute Gasteiger partial charge is 0.345 e. The second kappa shape index (κ2) is 13.9. The number of esters is 1. The molecule has 9 heteroatoms. The van der Waals surface area contributed by atoms with Crippen molar-refractivity contribution in [3.05, 3.63) is 136 Å². The van der Waals surface area contributed by atoms with E-state index in [-0.39, 0.29) is 16.3 Å². The second-order valence-corrected chi connectivity index (χ2v) is 10.3. The SMILES string of the molecule is C[C@@H](Oc1ccc(OCc2ccccc2)cc1)C(=O)N/N=C\c1c(OC(=O)c2ccc(Cl)cc2Cl)ccc2ccccc12. The zero-order valence-electron chi connectivity index (χ0n) is 23.0. The molecule has 5 aromatic rings.